The fraction of sp³-hybridized carbons (Fsp3) is 0.400. The molecule has 22 heavy (non-hydrogen) atoms. The number of hydrogen-bond acceptors (Lipinski definition) is 6. The molecule has 0 aliphatic carbocycles. The van der Waals surface area contributed by atoms with E-state index in [0.29, 0.717) is 42.2 Å². The highest BCUT2D eigenvalue weighted by atomic mass is 16.5. The SMILES string of the molecule is C=CCOC(=O)c1c(C)nc2c(cnn2CCOCC)c1N. The molecule has 7 heteroatoms. The molecule has 0 fully saturated rings. The van der Waals surface area contributed by atoms with Crippen molar-refractivity contribution in [3.63, 3.8) is 0 Å². The van der Waals surface area contributed by atoms with Gasteiger partial charge in [0.2, 0.25) is 0 Å². The van der Waals surface area contributed by atoms with E-state index in [1.807, 2.05) is 6.92 Å². The third-order valence-electron chi connectivity index (χ3n) is 3.19. The van der Waals surface area contributed by atoms with Crippen molar-refractivity contribution < 1.29 is 14.3 Å². The summed E-state index contributed by atoms with van der Waals surface area (Å²) < 4.78 is 12.1. The highest BCUT2D eigenvalue weighted by Gasteiger charge is 2.20. The number of anilines is 1. The minimum atomic E-state index is -0.508. The van der Waals surface area contributed by atoms with E-state index in [0.717, 1.165) is 0 Å². The molecule has 0 saturated heterocycles. The lowest BCUT2D eigenvalue weighted by molar-refractivity contribution is 0.0550. The summed E-state index contributed by atoms with van der Waals surface area (Å²) in [6, 6.07) is 0. The first-order chi connectivity index (χ1) is 10.6. The van der Waals surface area contributed by atoms with Gasteiger partial charge in [0.15, 0.2) is 5.65 Å². The van der Waals surface area contributed by atoms with Crippen LogP contribution in [0.5, 0.6) is 0 Å². The molecule has 118 valence electrons. The van der Waals surface area contributed by atoms with E-state index in [1.54, 1.807) is 17.8 Å². The highest BCUT2D eigenvalue weighted by Crippen LogP contribution is 2.26. The largest absolute Gasteiger partial charge is 0.458 e. The summed E-state index contributed by atoms with van der Waals surface area (Å²) in [5, 5.41) is 4.89. The third kappa shape index (κ3) is 3.09. The number of nitrogens with zero attached hydrogens (tertiary/aromatic N) is 3. The van der Waals surface area contributed by atoms with E-state index in [9.17, 15) is 4.79 Å². The monoisotopic (exact) mass is 304 g/mol. The van der Waals surface area contributed by atoms with Crippen LogP contribution >= 0.6 is 0 Å². The van der Waals surface area contributed by atoms with Crippen LogP contribution in [0.25, 0.3) is 11.0 Å². The quantitative estimate of drug-likeness (QED) is 0.475. The van der Waals surface area contributed by atoms with Gasteiger partial charge in [0.1, 0.15) is 12.2 Å². The summed E-state index contributed by atoms with van der Waals surface area (Å²) >= 11 is 0. The number of rotatable bonds is 7. The number of aryl methyl sites for hydroxylation is 1. The van der Waals surface area contributed by atoms with Gasteiger partial charge in [-0.05, 0) is 13.8 Å². The molecule has 2 rings (SSSR count). The number of pyridine rings is 1. The van der Waals surface area contributed by atoms with Gasteiger partial charge in [0.05, 0.1) is 36.1 Å². The lowest BCUT2D eigenvalue weighted by atomic mass is 10.1. The maximum absolute atomic E-state index is 12.1. The van der Waals surface area contributed by atoms with Crippen LogP contribution in [0.1, 0.15) is 23.0 Å². The average Bonchev–Trinajstić information content (AvgIpc) is 2.88. The summed E-state index contributed by atoms with van der Waals surface area (Å²) in [5.41, 5.74) is 7.86. The smallest absolute Gasteiger partial charge is 0.342 e. The molecule has 0 aromatic carbocycles. The molecule has 2 N–H and O–H groups in total. The van der Waals surface area contributed by atoms with Crippen molar-refractivity contribution in [2.75, 3.05) is 25.6 Å². The molecule has 2 aromatic rings. The number of nitrogens with two attached hydrogens (primary N) is 1. The second-order valence-electron chi connectivity index (χ2n) is 4.67. The number of nitrogen functional groups attached to an aromatic ring is 1. The van der Waals surface area contributed by atoms with Crippen LogP contribution < -0.4 is 5.73 Å². The first-order valence-electron chi connectivity index (χ1n) is 7.07. The highest BCUT2D eigenvalue weighted by molar-refractivity contribution is 6.04. The number of aromatic nitrogens is 3. The Morgan fingerprint density at radius 2 is 2.32 bits per heavy atom. The molecule has 0 unspecified atom stereocenters. The summed E-state index contributed by atoms with van der Waals surface area (Å²) in [5.74, 6) is -0.508. The molecule has 0 saturated carbocycles. The first-order valence-corrected chi connectivity index (χ1v) is 7.07. The second kappa shape index (κ2) is 7.04. The van der Waals surface area contributed by atoms with Crippen LogP contribution in [0.15, 0.2) is 18.9 Å². The molecule has 0 aliphatic heterocycles. The third-order valence-corrected chi connectivity index (χ3v) is 3.19. The molecule has 0 amide bonds. The van der Waals surface area contributed by atoms with Crippen molar-refractivity contribution >= 4 is 22.7 Å². The Kier molecular flexibility index (Phi) is 5.11. The number of carbonyl (C=O) groups is 1. The average molecular weight is 304 g/mol. The number of hydrogen-bond donors (Lipinski definition) is 1. The first kappa shape index (κ1) is 16.0. The van der Waals surface area contributed by atoms with Crippen LogP contribution in [0.2, 0.25) is 0 Å². The van der Waals surface area contributed by atoms with Gasteiger partial charge in [-0.2, -0.15) is 5.10 Å². The Morgan fingerprint density at radius 1 is 1.55 bits per heavy atom. The Hall–Kier alpha value is -2.41. The number of carbonyl (C=O) groups excluding carboxylic acids is 1. The maximum atomic E-state index is 12.1. The van der Waals surface area contributed by atoms with E-state index in [4.69, 9.17) is 15.2 Å². The normalized spacial score (nSPS) is 10.8. The molecule has 0 aliphatic rings. The van der Waals surface area contributed by atoms with E-state index >= 15 is 0 Å². The van der Waals surface area contributed by atoms with E-state index < -0.39 is 5.97 Å². The minimum absolute atomic E-state index is 0.128. The molecule has 0 spiro atoms. The van der Waals surface area contributed by atoms with Crippen molar-refractivity contribution in [3.8, 4) is 0 Å². The van der Waals surface area contributed by atoms with E-state index in [2.05, 4.69) is 16.7 Å². The van der Waals surface area contributed by atoms with Gasteiger partial charge in [0, 0.05) is 6.61 Å². The van der Waals surface area contributed by atoms with Crippen molar-refractivity contribution in [1.29, 1.82) is 0 Å². The van der Waals surface area contributed by atoms with Crippen LogP contribution in [-0.4, -0.2) is 40.6 Å². The fourth-order valence-corrected chi connectivity index (χ4v) is 2.15. The van der Waals surface area contributed by atoms with Crippen molar-refractivity contribution in [2.45, 2.75) is 20.4 Å². The Labute approximate surface area is 128 Å². The predicted molar refractivity (Wildman–Crippen MR) is 83.6 cm³/mol. The second-order valence-corrected chi connectivity index (χ2v) is 4.67. The van der Waals surface area contributed by atoms with Gasteiger partial charge in [-0.15, -0.1) is 0 Å². The van der Waals surface area contributed by atoms with E-state index in [-0.39, 0.29) is 12.2 Å². The van der Waals surface area contributed by atoms with Gasteiger partial charge in [-0.25, -0.2) is 14.5 Å². The number of ether oxygens (including phenoxy) is 2. The minimum Gasteiger partial charge on any atom is -0.458 e. The van der Waals surface area contributed by atoms with Crippen molar-refractivity contribution in [1.82, 2.24) is 14.8 Å². The van der Waals surface area contributed by atoms with Gasteiger partial charge in [-0.1, -0.05) is 12.7 Å². The zero-order valence-electron chi connectivity index (χ0n) is 12.8. The zero-order chi connectivity index (χ0) is 16.1. The van der Waals surface area contributed by atoms with Crippen LogP contribution in [0, 0.1) is 6.92 Å². The Bertz CT molecular complexity index is 694. The molecule has 2 heterocycles. The fourth-order valence-electron chi connectivity index (χ4n) is 2.15. The Balaban J connectivity index is 2.38. The Morgan fingerprint density at radius 3 is 3.00 bits per heavy atom. The van der Waals surface area contributed by atoms with Crippen LogP contribution in [0.3, 0.4) is 0 Å². The standard InChI is InChI=1S/C15H20N4O3/c1-4-7-22-15(20)12-10(3)18-14-11(13(12)16)9-17-19(14)6-8-21-5-2/h4,9H,1,5-8H2,2-3H3,(H2,16,18). The maximum Gasteiger partial charge on any atom is 0.342 e. The summed E-state index contributed by atoms with van der Waals surface area (Å²) in [6.07, 6.45) is 3.11. The molecule has 0 radical (unpaired) electrons. The van der Waals surface area contributed by atoms with Crippen molar-refractivity contribution in [3.05, 3.63) is 30.1 Å². The topological polar surface area (TPSA) is 92.3 Å². The summed E-state index contributed by atoms with van der Waals surface area (Å²) in [7, 11) is 0. The number of fused-ring (bicyclic) bond motifs is 1. The summed E-state index contributed by atoms with van der Waals surface area (Å²) in [4.78, 5) is 16.5. The van der Waals surface area contributed by atoms with Gasteiger partial charge in [0.25, 0.3) is 0 Å². The van der Waals surface area contributed by atoms with Crippen LogP contribution in [-0.2, 0) is 16.0 Å². The summed E-state index contributed by atoms with van der Waals surface area (Å²) in [6.45, 7) is 9.05. The van der Waals surface area contributed by atoms with E-state index in [1.165, 1.54) is 6.08 Å². The van der Waals surface area contributed by atoms with Crippen molar-refractivity contribution in [2.24, 2.45) is 0 Å². The lowest BCUT2D eigenvalue weighted by Gasteiger charge is -2.10. The van der Waals surface area contributed by atoms with Crippen LogP contribution in [0.4, 0.5) is 5.69 Å². The van der Waals surface area contributed by atoms with Gasteiger partial charge < -0.3 is 15.2 Å². The number of esters is 1. The zero-order valence-corrected chi connectivity index (χ0v) is 12.8. The van der Waals surface area contributed by atoms with Gasteiger partial charge >= 0.3 is 5.97 Å². The predicted octanol–water partition coefficient (Wildman–Crippen LogP) is 1.70. The molecular formula is C15H20N4O3. The molecular weight excluding hydrogens is 284 g/mol. The van der Waals surface area contributed by atoms with Gasteiger partial charge in [-0.3, -0.25) is 0 Å². The molecule has 0 atom stereocenters. The molecule has 2 aromatic heterocycles. The lowest BCUT2D eigenvalue weighted by Crippen LogP contribution is -2.13. The molecule has 7 nitrogen and oxygen atoms in total. The molecule has 0 bridgehead atoms.